The van der Waals surface area contributed by atoms with Gasteiger partial charge in [0.1, 0.15) is 5.75 Å². The first-order chi connectivity index (χ1) is 12.2. The van der Waals surface area contributed by atoms with Crippen molar-refractivity contribution in [3.8, 4) is 5.75 Å². The van der Waals surface area contributed by atoms with Crippen LogP contribution in [-0.4, -0.2) is 57.3 Å². The predicted octanol–water partition coefficient (Wildman–Crippen LogP) is -0.222. The Balaban J connectivity index is 1.45. The Morgan fingerprint density at radius 1 is 1.24 bits per heavy atom. The molecule has 0 spiro atoms. The van der Waals surface area contributed by atoms with E-state index in [1.807, 2.05) is 25.1 Å². The predicted molar refractivity (Wildman–Crippen MR) is 95.1 cm³/mol. The molecule has 0 unspecified atom stereocenters. The zero-order chi connectivity index (χ0) is 17.6. The third kappa shape index (κ3) is 5.09. The third-order valence-corrected chi connectivity index (χ3v) is 4.55. The second kappa shape index (κ2) is 8.20. The molecular weight excluding hydrogens is 320 g/mol. The summed E-state index contributed by atoms with van der Waals surface area (Å²) in [6, 6.07) is 7.95. The standard InChI is InChI=1S/C18H26N4O3/c1-2-25-16-6-4-3-5-15(16)22-11-9-21(10-12-22)13-17(23)20-18(24)19-14-7-8-14/h3-6,14H,2,7-13H2,1H3,(H2,19,20,23,24)/p+1. The quantitative estimate of drug-likeness (QED) is 0.665. The molecule has 3 N–H and O–H groups in total. The lowest BCUT2D eigenvalue weighted by molar-refractivity contribution is -0.892. The number of quaternary nitrogens is 1. The lowest BCUT2D eigenvalue weighted by Crippen LogP contribution is -3.16. The number of piperazine rings is 1. The second-order valence-corrected chi connectivity index (χ2v) is 6.61. The average molecular weight is 347 g/mol. The monoisotopic (exact) mass is 347 g/mol. The van der Waals surface area contributed by atoms with Gasteiger partial charge in [-0.25, -0.2) is 4.79 Å². The number of urea groups is 1. The Morgan fingerprint density at radius 3 is 2.64 bits per heavy atom. The molecule has 2 aliphatic rings. The van der Waals surface area contributed by atoms with E-state index in [9.17, 15) is 9.59 Å². The minimum atomic E-state index is -0.365. The van der Waals surface area contributed by atoms with Crippen LogP contribution in [0.5, 0.6) is 5.75 Å². The van der Waals surface area contributed by atoms with Gasteiger partial charge in [0.15, 0.2) is 6.54 Å². The summed E-state index contributed by atoms with van der Waals surface area (Å²) >= 11 is 0. The Morgan fingerprint density at radius 2 is 1.96 bits per heavy atom. The molecule has 1 aliphatic carbocycles. The number of hydrogen-bond donors (Lipinski definition) is 3. The Kier molecular flexibility index (Phi) is 5.75. The van der Waals surface area contributed by atoms with E-state index in [4.69, 9.17) is 4.74 Å². The molecule has 3 amide bonds. The van der Waals surface area contributed by atoms with Crippen LogP contribution >= 0.6 is 0 Å². The number of nitrogens with zero attached hydrogens (tertiary/aromatic N) is 1. The molecule has 0 aromatic heterocycles. The molecule has 7 nitrogen and oxygen atoms in total. The highest BCUT2D eigenvalue weighted by Gasteiger charge is 2.26. The van der Waals surface area contributed by atoms with Crippen LogP contribution in [0.2, 0.25) is 0 Å². The van der Waals surface area contributed by atoms with Gasteiger partial charge in [-0.3, -0.25) is 10.1 Å². The third-order valence-electron chi connectivity index (χ3n) is 4.55. The van der Waals surface area contributed by atoms with E-state index in [2.05, 4.69) is 21.6 Å². The number of imide groups is 1. The van der Waals surface area contributed by atoms with E-state index in [1.165, 1.54) is 4.90 Å². The van der Waals surface area contributed by atoms with Crippen molar-refractivity contribution in [1.82, 2.24) is 10.6 Å². The van der Waals surface area contributed by atoms with Crippen molar-refractivity contribution >= 4 is 17.6 Å². The molecule has 1 saturated carbocycles. The zero-order valence-corrected chi connectivity index (χ0v) is 14.7. The maximum absolute atomic E-state index is 12.0. The van der Waals surface area contributed by atoms with Gasteiger partial charge in [0.05, 0.1) is 38.5 Å². The van der Waals surface area contributed by atoms with Crippen LogP contribution in [0.25, 0.3) is 0 Å². The van der Waals surface area contributed by atoms with Gasteiger partial charge < -0.3 is 19.9 Å². The lowest BCUT2D eigenvalue weighted by atomic mass is 10.2. The summed E-state index contributed by atoms with van der Waals surface area (Å²) in [5.74, 6) is 0.694. The first-order valence-corrected chi connectivity index (χ1v) is 9.06. The number of carbonyl (C=O) groups excluding carboxylic acids is 2. The van der Waals surface area contributed by atoms with Crippen LogP contribution in [0.4, 0.5) is 10.5 Å². The van der Waals surface area contributed by atoms with E-state index in [-0.39, 0.29) is 18.0 Å². The summed E-state index contributed by atoms with van der Waals surface area (Å²) in [5, 5.41) is 5.19. The first kappa shape index (κ1) is 17.5. The maximum atomic E-state index is 12.0. The van der Waals surface area contributed by atoms with E-state index in [0.29, 0.717) is 13.2 Å². The van der Waals surface area contributed by atoms with Crippen LogP contribution < -0.4 is 25.2 Å². The second-order valence-electron chi connectivity index (χ2n) is 6.61. The summed E-state index contributed by atoms with van der Waals surface area (Å²) in [7, 11) is 0. The highest BCUT2D eigenvalue weighted by Crippen LogP contribution is 2.27. The maximum Gasteiger partial charge on any atom is 0.321 e. The minimum absolute atomic E-state index is 0.212. The fourth-order valence-corrected chi connectivity index (χ4v) is 3.08. The Bertz CT molecular complexity index is 610. The number of para-hydroxylation sites is 2. The number of nitrogens with one attached hydrogen (secondary N) is 3. The molecule has 0 bridgehead atoms. The number of rotatable bonds is 6. The number of anilines is 1. The van der Waals surface area contributed by atoms with Crippen molar-refractivity contribution in [3.05, 3.63) is 24.3 Å². The van der Waals surface area contributed by atoms with Crippen LogP contribution in [-0.2, 0) is 4.79 Å². The topological polar surface area (TPSA) is 75.1 Å². The zero-order valence-electron chi connectivity index (χ0n) is 14.7. The average Bonchev–Trinajstić information content (AvgIpc) is 3.40. The molecule has 3 rings (SSSR count). The summed E-state index contributed by atoms with van der Waals surface area (Å²) in [6.45, 7) is 6.40. The number of carbonyl (C=O) groups is 2. The van der Waals surface area contributed by atoms with Gasteiger partial charge in [-0.05, 0) is 31.9 Å². The van der Waals surface area contributed by atoms with Gasteiger partial charge in [0, 0.05) is 6.04 Å². The molecule has 1 heterocycles. The molecule has 1 saturated heterocycles. The molecule has 1 aliphatic heterocycles. The van der Waals surface area contributed by atoms with E-state index in [1.54, 1.807) is 0 Å². The van der Waals surface area contributed by atoms with E-state index in [0.717, 1.165) is 50.5 Å². The van der Waals surface area contributed by atoms with Crippen LogP contribution in [0, 0.1) is 0 Å². The molecule has 0 radical (unpaired) electrons. The van der Waals surface area contributed by atoms with Crippen LogP contribution in [0.1, 0.15) is 19.8 Å². The van der Waals surface area contributed by atoms with Crippen molar-refractivity contribution in [1.29, 1.82) is 0 Å². The van der Waals surface area contributed by atoms with Gasteiger partial charge >= 0.3 is 6.03 Å². The van der Waals surface area contributed by atoms with Gasteiger partial charge in [-0.15, -0.1) is 0 Å². The molecule has 7 heteroatoms. The van der Waals surface area contributed by atoms with E-state index >= 15 is 0 Å². The molecule has 0 atom stereocenters. The minimum Gasteiger partial charge on any atom is -0.492 e. The van der Waals surface area contributed by atoms with Crippen molar-refractivity contribution < 1.29 is 19.2 Å². The highest BCUT2D eigenvalue weighted by molar-refractivity contribution is 5.94. The number of benzene rings is 1. The molecule has 1 aromatic carbocycles. The highest BCUT2D eigenvalue weighted by atomic mass is 16.5. The van der Waals surface area contributed by atoms with Crippen molar-refractivity contribution in [2.45, 2.75) is 25.8 Å². The normalized spacial score (nSPS) is 17.9. The Hall–Kier alpha value is -2.28. The lowest BCUT2D eigenvalue weighted by Gasteiger charge is -2.34. The number of hydrogen-bond acceptors (Lipinski definition) is 4. The smallest absolute Gasteiger partial charge is 0.321 e. The SMILES string of the molecule is CCOc1ccccc1N1CC[NH+](CC(=O)NC(=O)NC2CC2)CC1. The summed E-state index contributed by atoms with van der Waals surface area (Å²) in [5.41, 5.74) is 1.11. The molecule has 25 heavy (non-hydrogen) atoms. The summed E-state index contributed by atoms with van der Waals surface area (Å²) in [4.78, 5) is 27.1. The molecule has 2 fully saturated rings. The van der Waals surface area contributed by atoms with Gasteiger partial charge in [-0.1, -0.05) is 12.1 Å². The number of ether oxygens (including phenoxy) is 1. The summed E-state index contributed by atoms with van der Waals surface area (Å²) in [6.07, 6.45) is 2.02. The van der Waals surface area contributed by atoms with Gasteiger partial charge in [0.25, 0.3) is 5.91 Å². The van der Waals surface area contributed by atoms with Crippen molar-refractivity contribution in [2.75, 3.05) is 44.2 Å². The fourth-order valence-electron chi connectivity index (χ4n) is 3.08. The summed E-state index contributed by atoms with van der Waals surface area (Å²) < 4.78 is 5.71. The van der Waals surface area contributed by atoms with E-state index < -0.39 is 0 Å². The van der Waals surface area contributed by atoms with Crippen LogP contribution in [0.3, 0.4) is 0 Å². The largest absolute Gasteiger partial charge is 0.492 e. The van der Waals surface area contributed by atoms with Crippen molar-refractivity contribution in [3.63, 3.8) is 0 Å². The number of amides is 3. The van der Waals surface area contributed by atoms with Gasteiger partial charge in [0.2, 0.25) is 0 Å². The fraction of sp³-hybridized carbons (Fsp3) is 0.556. The van der Waals surface area contributed by atoms with Gasteiger partial charge in [-0.2, -0.15) is 0 Å². The first-order valence-electron chi connectivity index (χ1n) is 9.06. The molecular formula is C18H27N4O3+. The van der Waals surface area contributed by atoms with Crippen LogP contribution in [0.15, 0.2) is 24.3 Å². The Labute approximate surface area is 148 Å². The molecule has 136 valence electrons. The molecule has 1 aromatic rings. The van der Waals surface area contributed by atoms with Crippen molar-refractivity contribution in [2.24, 2.45) is 0 Å².